The van der Waals surface area contributed by atoms with Crippen LogP contribution in [0.4, 0.5) is 5.69 Å². The fraction of sp³-hybridized carbons (Fsp3) is 0.294. The average Bonchev–Trinajstić information content (AvgIpc) is 2.61. The Balaban J connectivity index is 2.47. The van der Waals surface area contributed by atoms with Gasteiger partial charge in [0.15, 0.2) is 11.5 Å². The fourth-order valence-corrected chi connectivity index (χ4v) is 3.48. The Labute approximate surface area is 142 Å². The zero-order valence-electron chi connectivity index (χ0n) is 14.1. The summed E-state index contributed by atoms with van der Waals surface area (Å²) in [4.78, 5) is 0.106. The first-order valence-corrected chi connectivity index (χ1v) is 8.82. The molecule has 0 aliphatic rings. The maximum absolute atomic E-state index is 12.9. The lowest BCUT2D eigenvalue weighted by molar-refractivity contribution is 0.341. The van der Waals surface area contributed by atoms with Crippen LogP contribution >= 0.6 is 0 Å². The second-order valence-corrected chi connectivity index (χ2v) is 6.86. The number of rotatable bonds is 7. The highest BCUT2D eigenvalue weighted by atomic mass is 32.2. The quantitative estimate of drug-likeness (QED) is 0.767. The third-order valence-corrected chi connectivity index (χ3v) is 5.29. The van der Waals surface area contributed by atoms with Crippen molar-refractivity contribution in [3.63, 3.8) is 0 Å². The molecule has 2 aromatic rings. The van der Waals surface area contributed by atoms with E-state index in [9.17, 15) is 8.42 Å². The molecule has 2 rings (SSSR count). The summed E-state index contributed by atoms with van der Waals surface area (Å²) < 4.78 is 42.9. The molecule has 6 nitrogen and oxygen atoms in total. The summed E-state index contributed by atoms with van der Waals surface area (Å²) in [6, 6.07) is 11.5. The van der Waals surface area contributed by atoms with Crippen molar-refractivity contribution in [3.8, 4) is 17.2 Å². The van der Waals surface area contributed by atoms with Crippen molar-refractivity contribution in [1.82, 2.24) is 0 Å². The van der Waals surface area contributed by atoms with E-state index in [-0.39, 0.29) is 4.90 Å². The Morgan fingerprint density at radius 2 is 1.62 bits per heavy atom. The van der Waals surface area contributed by atoms with Crippen LogP contribution in [0.25, 0.3) is 0 Å². The molecule has 0 aliphatic heterocycles. The van der Waals surface area contributed by atoms with Crippen molar-refractivity contribution < 1.29 is 22.6 Å². The molecule has 0 aliphatic carbocycles. The van der Waals surface area contributed by atoms with Crippen molar-refractivity contribution in [2.45, 2.75) is 11.8 Å². The summed E-state index contributed by atoms with van der Waals surface area (Å²) in [5, 5.41) is 0. The Bertz CT molecular complexity index is 804. The van der Waals surface area contributed by atoms with Crippen molar-refractivity contribution in [2.75, 3.05) is 32.2 Å². The third kappa shape index (κ3) is 3.41. The van der Waals surface area contributed by atoms with Crippen LogP contribution in [-0.4, -0.2) is 36.3 Å². The van der Waals surface area contributed by atoms with Gasteiger partial charge in [-0.1, -0.05) is 12.1 Å². The predicted molar refractivity (Wildman–Crippen MR) is 92.7 cm³/mol. The molecule has 0 radical (unpaired) electrons. The van der Waals surface area contributed by atoms with E-state index >= 15 is 0 Å². The third-order valence-electron chi connectivity index (χ3n) is 3.52. The molecule has 0 saturated carbocycles. The monoisotopic (exact) mass is 351 g/mol. The van der Waals surface area contributed by atoms with E-state index in [4.69, 9.17) is 14.2 Å². The maximum atomic E-state index is 12.9. The molecule has 0 N–H and O–H groups in total. The number of hydrogen-bond acceptors (Lipinski definition) is 5. The summed E-state index contributed by atoms with van der Waals surface area (Å²) in [5.74, 6) is 1.32. The molecule has 0 bridgehead atoms. The minimum absolute atomic E-state index is 0.106. The van der Waals surface area contributed by atoms with Crippen molar-refractivity contribution in [3.05, 3.63) is 42.5 Å². The lowest BCUT2D eigenvalue weighted by atomic mass is 10.3. The number of para-hydroxylation sites is 2. The lowest BCUT2D eigenvalue weighted by Crippen LogP contribution is -2.27. The summed E-state index contributed by atoms with van der Waals surface area (Å²) in [7, 11) is 0.675. The number of hydrogen-bond donors (Lipinski definition) is 0. The molecule has 24 heavy (non-hydrogen) atoms. The molecule has 0 atom stereocenters. The SMILES string of the molecule is CCOc1ccccc1N(C)S(=O)(=O)c1ccc(OC)c(OC)c1. The predicted octanol–water partition coefficient (Wildman–Crippen LogP) is 2.93. The van der Waals surface area contributed by atoms with Gasteiger partial charge in [0.1, 0.15) is 5.75 Å². The van der Waals surface area contributed by atoms with Crippen LogP contribution in [0.3, 0.4) is 0 Å². The van der Waals surface area contributed by atoms with Crippen LogP contribution in [0.5, 0.6) is 17.2 Å². The maximum Gasteiger partial charge on any atom is 0.264 e. The van der Waals surface area contributed by atoms with Crippen LogP contribution in [0.1, 0.15) is 6.92 Å². The Hall–Kier alpha value is -2.41. The summed E-state index contributed by atoms with van der Waals surface area (Å²) >= 11 is 0. The van der Waals surface area contributed by atoms with Gasteiger partial charge in [-0.25, -0.2) is 8.42 Å². The van der Waals surface area contributed by atoms with Gasteiger partial charge in [-0.3, -0.25) is 4.31 Å². The zero-order chi connectivity index (χ0) is 17.7. The molecule has 0 amide bonds. The van der Waals surface area contributed by atoms with E-state index in [1.165, 1.54) is 37.7 Å². The first-order chi connectivity index (χ1) is 11.5. The second-order valence-electron chi connectivity index (χ2n) is 4.89. The smallest absolute Gasteiger partial charge is 0.264 e. The van der Waals surface area contributed by atoms with Crippen LogP contribution in [0.2, 0.25) is 0 Å². The van der Waals surface area contributed by atoms with Crippen molar-refractivity contribution in [2.24, 2.45) is 0 Å². The Kier molecular flexibility index (Phi) is 5.56. The van der Waals surface area contributed by atoms with Crippen molar-refractivity contribution in [1.29, 1.82) is 0 Å². The molecular weight excluding hydrogens is 330 g/mol. The lowest BCUT2D eigenvalue weighted by Gasteiger charge is -2.22. The van der Waals surface area contributed by atoms with Gasteiger partial charge < -0.3 is 14.2 Å². The first-order valence-electron chi connectivity index (χ1n) is 7.38. The molecule has 7 heteroatoms. The fourth-order valence-electron chi connectivity index (χ4n) is 2.26. The van der Waals surface area contributed by atoms with Gasteiger partial charge in [0.05, 0.1) is 31.4 Å². The number of methoxy groups -OCH3 is 2. The van der Waals surface area contributed by atoms with Gasteiger partial charge >= 0.3 is 0 Å². The molecule has 0 spiro atoms. The summed E-state index contributed by atoms with van der Waals surface area (Å²) in [6.07, 6.45) is 0. The van der Waals surface area contributed by atoms with E-state index in [1.807, 2.05) is 6.92 Å². The largest absolute Gasteiger partial charge is 0.493 e. The molecule has 0 aromatic heterocycles. The molecule has 0 heterocycles. The highest BCUT2D eigenvalue weighted by molar-refractivity contribution is 7.92. The molecular formula is C17H21NO5S. The van der Waals surface area contributed by atoms with Crippen LogP contribution < -0.4 is 18.5 Å². The van der Waals surface area contributed by atoms with E-state index in [2.05, 4.69) is 0 Å². The van der Waals surface area contributed by atoms with Crippen LogP contribution in [-0.2, 0) is 10.0 Å². The van der Waals surface area contributed by atoms with Gasteiger partial charge in [0.2, 0.25) is 0 Å². The minimum Gasteiger partial charge on any atom is -0.493 e. The summed E-state index contributed by atoms with van der Waals surface area (Å²) in [6.45, 7) is 2.29. The van der Waals surface area contributed by atoms with Gasteiger partial charge in [0.25, 0.3) is 10.0 Å². The van der Waals surface area contributed by atoms with E-state index in [0.29, 0.717) is 29.5 Å². The van der Waals surface area contributed by atoms with Gasteiger partial charge in [-0.05, 0) is 31.2 Å². The Morgan fingerprint density at radius 1 is 0.958 bits per heavy atom. The highest BCUT2D eigenvalue weighted by Gasteiger charge is 2.25. The molecule has 0 unspecified atom stereocenters. The normalized spacial score (nSPS) is 11.0. The average molecular weight is 351 g/mol. The van der Waals surface area contributed by atoms with Gasteiger partial charge in [-0.15, -0.1) is 0 Å². The van der Waals surface area contributed by atoms with E-state index in [1.54, 1.807) is 30.3 Å². The highest BCUT2D eigenvalue weighted by Crippen LogP contribution is 2.34. The van der Waals surface area contributed by atoms with E-state index < -0.39 is 10.0 Å². The number of anilines is 1. The zero-order valence-corrected chi connectivity index (χ0v) is 15.0. The number of nitrogens with zero attached hydrogens (tertiary/aromatic N) is 1. The van der Waals surface area contributed by atoms with Crippen molar-refractivity contribution >= 4 is 15.7 Å². The molecule has 130 valence electrons. The standard InChI is InChI=1S/C17H21NO5S/c1-5-23-15-9-7-6-8-14(15)18(2)24(19,20)13-10-11-16(21-3)17(12-13)22-4/h6-12H,5H2,1-4H3. The number of benzene rings is 2. The molecule has 0 fully saturated rings. The van der Waals surface area contributed by atoms with Crippen LogP contribution in [0, 0.1) is 0 Å². The summed E-state index contributed by atoms with van der Waals surface area (Å²) in [5.41, 5.74) is 0.467. The number of ether oxygens (including phenoxy) is 3. The minimum atomic E-state index is -3.77. The Morgan fingerprint density at radius 3 is 2.25 bits per heavy atom. The van der Waals surface area contributed by atoms with E-state index in [0.717, 1.165) is 0 Å². The topological polar surface area (TPSA) is 65.1 Å². The molecule has 2 aromatic carbocycles. The number of sulfonamides is 1. The van der Waals surface area contributed by atoms with Crippen LogP contribution in [0.15, 0.2) is 47.4 Å². The second kappa shape index (κ2) is 7.44. The molecule has 0 saturated heterocycles. The van der Waals surface area contributed by atoms with Gasteiger partial charge in [-0.2, -0.15) is 0 Å². The van der Waals surface area contributed by atoms with Gasteiger partial charge in [0, 0.05) is 13.1 Å². The first kappa shape index (κ1) is 17.9.